The van der Waals surface area contributed by atoms with Crippen molar-refractivity contribution in [1.29, 1.82) is 5.26 Å². The van der Waals surface area contributed by atoms with Crippen molar-refractivity contribution in [3.8, 4) is 11.8 Å². The lowest BCUT2D eigenvalue weighted by Crippen LogP contribution is -2.23. The van der Waals surface area contributed by atoms with Gasteiger partial charge in [0.05, 0.1) is 18.6 Å². The van der Waals surface area contributed by atoms with E-state index in [1.54, 1.807) is 7.11 Å². The summed E-state index contributed by atoms with van der Waals surface area (Å²) in [5.74, 6) is 0.953. The zero-order valence-corrected chi connectivity index (χ0v) is 12.3. The van der Waals surface area contributed by atoms with Crippen LogP contribution in [0.5, 0.6) is 5.75 Å². The fourth-order valence-corrected chi connectivity index (χ4v) is 2.49. The summed E-state index contributed by atoms with van der Waals surface area (Å²) < 4.78 is 5.38. The molecule has 1 aromatic carbocycles. The fourth-order valence-electron chi connectivity index (χ4n) is 2.49. The highest BCUT2D eigenvalue weighted by Gasteiger charge is 2.42. The SMILES string of the molecule is COc1cc(C)c(CNCC2(C#N)CC2)c(C)c1C. The van der Waals surface area contributed by atoms with Gasteiger partial charge in [0.15, 0.2) is 0 Å². The summed E-state index contributed by atoms with van der Waals surface area (Å²) in [6.07, 6.45) is 2.08. The van der Waals surface area contributed by atoms with Crippen LogP contribution in [0.2, 0.25) is 0 Å². The van der Waals surface area contributed by atoms with Gasteiger partial charge in [0.2, 0.25) is 0 Å². The van der Waals surface area contributed by atoms with E-state index in [4.69, 9.17) is 10.00 Å². The van der Waals surface area contributed by atoms with Crippen molar-refractivity contribution in [2.75, 3.05) is 13.7 Å². The summed E-state index contributed by atoms with van der Waals surface area (Å²) in [7, 11) is 1.71. The third kappa shape index (κ3) is 2.74. The molecule has 0 unspecified atom stereocenters. The molecule has 0 radical (unpaired) electrons. The van der Waals surface area contributed by atoms with Gasteiger partial charge < -0.3 is 10.1 Å². The molecule has 0 atom stereocenters. The molecule has 0 spiro atoms. The monoisotopic (exact) mass is 258 g/mol. The van der Waals surface area contributed by atoms with Gasteiger partial charge in [-0.2, -0.15) is 5.26 Å². The molecule has 1 aromatic rings. The highest BCUT2D eigenvalue weighted by molar-refractivity contribution is 5.48. The van der Waals surface area contributed by atoms with Crippen LogP contribution in [0.3, 0.4) is 0 Å². The Morgan fingerprint density at radius 3 is 2.53 bits per heavy atom. The quantitative estimate of drug-likeness (QED) is 0.883. The van der Waals surface area contributed by atoms with Crippen LogP contribution in [0.15, 0.2) is 6.07 Å². The van der Waals surface area contributed by atoms with Crippen molar-refractivity contribution in [2.45, 2.75) is 40.2 Å². The van der Waals surface area contributed by atoms with E-state index in [9.17, 15) is 0 Å². The van der Waals surface area contributed by atoms with Crippen LogP contribution in [-0.2, 0) is 6.54 Å². The fraction of sp³-hybridized carbons (Fsp3) is 0.562. The molecule has 0 amide bonds. The Bertz CT molecular complexity index is 525. The van der Waals surface area contributed by atoms with Crippen LogP contribution in [0.4, 0.5) is 0 Å². The molecule has 0 bridgehead atoms. The molecule has 3 nitrogen and oxygen atoms in total. The Hall–Kier alpha value is -1.53. The number of methoxy groups -OCH3 is 1. The first kappa shape index (κ1) is 13.9. The minimum absolute atomic E-state index is 0.0800. The molecular weight excluding hydrogens is 236 g/mol. The third-order valence-electron chi connectivity index (χ3n) is 4.28. The summed E-state index contributed by atoms with van der Waals surface area (Å²) in [5.41, 5.74) is 4.97. The normalized spacial score (nSPS) is 15.9. The molecule has 0 aliphatic heterocycles. The highest BCUT2D eigenvalue weighted by Crippen LogP contribution is 2.44. The van der Waals surface area contributed by atoms with Crippen molar-refractivity contribution < 1.29 is 4.74 Å². The second kappa shape index (κ2) is 5.22. The first-order valence-corrected chi connectivity index (χ1v) is 6.78. The molecule has 0 saturated heterocycles. The van der Waals surface area contributed by atoms with E-state index < -0.39 is 0 Å². The summed E-state index contributed by atoms with van der Waals surface area (Å²) >= 11 is 0. The van der Waals surface area contributed by atoms with Crippen LogP contribution in [0.1, 0.15) is 35.1 Å². The largest absolute Gasteiger partial charge is 0.496 e. The van der Waals surface area contributed by atoms with Gasteiger partial charge in [-0.1, -0.05) is 0 Å². The Balaban J connectivity index is 2.08. The zero-order chi connectivity index (χ0) is 14.0. The zero-order valence-electron chi connectivity index (χ0n) is 12.3. The van der Waals surface area contributed by atoms with E-state index in [1.807, 2.05) is 0 Å². The number of hydrogen-bond acceptors (Lipinski definition) is 3. The van der Waals surface area contributed by atoms with Gasteiger partial charge in [-0.05, 0) is 61.9 Å². The van der Waals surface area contributed by atoms with E-state index in [2.05, 4.69) is 38.2 Å². The molecule has 0 heterocycles. The van der Waals surface area contributed by atoms with Gasteiger partial charge >= 0.3 is 0 Å². The smallest absolute Gasteiger partial charge is 0.122 e. The minimum Gasteiger partial charge on any atom is -0.496 e. The van der Waals surface area contributed by atoms with Crippen molar-refractivity contribution in [3.63, 3.8) is 0 Å². The number of ether oxygens (including phenoxy) is 1. The maximum atomic E-state index is 9.07. The number of nitriles is 1. The van der Waals surface area contributed by atoms with E-state index in [0.29, 0.717) is 0 Å². The maximum Gasteiger partial charge on any atom is 0.122 e. The predicted octanol–water partition coefficient (Wildman–Crippen LogP) is 3.01. The van der Waals surface area contributed by atoms with Crippen LogP contribution >= 0.6 is 0 Å². The molecule has 1 aliphatic carbocycles. The Labute approximate surface area is 115 Å². The van der Waals surface area contributed by atoms with Gasteiger partial charge in [-0.15, -0.1) is 0 Å². The lowest BCUT2D eigenvalue weighted by molar-refractivity contribution is 0.410. The number of nitrogens with one attached hydrogen (secondary N) is 1. The molecular formula is C16H22N2O. The molecule has 1 saturated carbocycles. The van der Waals surface area contributed by atoms with Gasteiger partial charge in [0, 0.05) is 13.1 Å². The average molecular weight is 258 g/mol. The van der Waals surface area contributed by atoms with Gasteiger partial charge in [-0.3, -0.25) is 0 Å². The maximum absolute atomic E-state index is 9.07. The summed E-state index contributed by atoms with van der Waals surface area (Å²) in [4.78, 5) is 0. The lowest BCUT2D eigenvalue weighted by Gasteiger charge is -2.17. The van der Waals surface area contributed by atoms with E-state index in [1.165, 1.54) is 22.3 Å². The van der Waals surface area contributed by atoms with Crippen molar-refractivity contribution >= 4 is 0 Å². The minimum atomic E-state index is -0.0800. The summed E-state index contributed by atoms with van der Waals surface area (Å²) in [6, 6.07) is 4.51. The first-order chi connectivity index (χ1) is 9.03. The number of rotatable bonds is 5. The van der Waals surface area contributed by atoms with E-state index in [0.717, 1.165) is 31.7 Å². The molecule has 1 aliphatic rings. The molecule has 102 valence electrons. The highest BCUT2D eigenvalue weighted by atomic mass is 16.5. The second-order valence-corrected chi connectivity index (χ2v) is 5.62. The number of benzene rings is 1. The topological polar surface area (TPSA) is 45.0 Å². The third-order valence-corrected chi connectivity index (χ3v) is 4.28. The molecule has 1 N–H and O–H groups in total. The summed E-state index contributed by atoms with van der Waals surface area (Å²) in [6.45, 7) is 7.97. The van der Waals surface area contributed by atoms with Crippen LogP contribution in [0.25, 0.3) is 0 Å². The van der Waals surface area contributed by atoms with Crippen molar-refractivity contribution in [1.82, 2.24) is 5.32 Å². The Morgan fingerprint density at radius 1 is 1.32 bits per heavy atom. The molecule has 19 heavy (non-hydrogen) atoms. The van der Waals surface area contributed by atoms with E-state index in [-0.39, 0.29) is 5.41 Å². The standard InChI is InChI=1S/C16H22N2O/c1-11-7-15(19-4)13(3)12(2)14(11)8-18-10-16(9-17)5-6-16/h7,18H,5-6,8,10H2,1-4H3. The second-order valence-electron chi connectivity index (χ2n) is 5.62. The number of nitrogens with zero attached hydrogens (tertiary/aromatic N) is 1. The Morgan fingerprint density at radius 2 is 2.00 bits per heavy atom. The van der Waals surface area contributed by atoms with E-state index >= 15 is 0 Å². The van der Waals surface area contributed by atoms with Gasteiger partial charge in [0.1, 0.15) is 5.75 Å². The van der Waals surface area contributed by atoms with Gasteiger partial charge in [0.25, 0.3) is 0 Å². The van der Waals surface area contributed by atoms with Gasteiger partial charge in [-0.25, -0.2) is 0 Å². The molecule has 0 aromatic heterocycles. The molecule has 1 fully saturated rings. The predicted molar refractivity (Wildman–Crippen MR) is 76.2 cm³/mol. The van der Waals surface area contributed by atoms with Crippen molar-refractivity contribution in [2.24, 2.45) is 5.41 Å². The average Bonchev–Trinajstić information content (AvgIpc) is 3.18. The summed E-state index contributed by atoms with van der Waals surface area (Å²) in [5, 5.41) is 12.5. The lowest BCUT2D eigenvalue weighted by atomic mass is 9.97. The number of hydrogen-bond donors (Lipinski definition) is 1. The molecule has 2 rings (SSSR count). The van der Waals surface area contributed by atoms with Crippen LogP contribution < -0.4 is 10.1 Å². The van der Waals surface area contributed by atoms with Crippen LogP contribution in [-0.4, -0.2) is 13.7 Å². The molecule has 3 heteroatoms. The van der Waals surface area contributed by atoms with Crippen molar-refractivity contribution in [3.05, 3.63) is 28.3 Å². The Kier molecular flexibility index (Phi) is 3.82. The van der Waals surface area contributed by atoms with Crippen LogP contribution in [0, 0.1) is 37.5 Å². The number of aryl methyl sites for hydroxylation is 1. The first-order valence-electron chi connectivity index (χ1n) is 6.78.